The molecule has 1 aliphatic rings. The standard InChI is InChI=1S/C24H31N3O2S/c1-17(20-7-5-4-6-8-20)9-12-26-13-10-24(29,11-14-26)15-27-16-25-22-21(23(27)28)18(2)19(3)30-22/h4-8,16-17,29H,9-15H2,1-3H3/t17-/m1/s1. The first-order chi connectivity index (χ1) is 14.4. The van der Waals surface area contributed by atoms with Gasteiger partial charge in [-0.15, -0.1) is 11.3 Å². The van der Waals surface area contributed by atoms with Gasteiger partial charge >= 0.3 is 0 Å². The number of thiophene rings is 1. The van der Waals surface area contributed by atoms with Crippen LogP contribution in [0.3, 0.4) is 0 Å². The Balaban J connectivity index is 1.36. The van der Waals surface area contributed by atoms with Gasteiger partial charge in [0.2, 0.25) is 0 Å². The number of aliphatic hydroxyl groups is 1. The third kappa shape index (κ3) is 4.36. The largest absolute Gasteiger partial charge is 0.388 e. The van der Waals surface area contributed by atoms with Crippen LogP contribution in [-0.2, 0) is 6.54 Å². The van der Waals surface area contributed by atoms with E-state index in [2.05, 4.69) is 47.1 Å². The number of fused-ring (bicyclic) bond motifs is 1. The lowest BCUT2D eigenvalue weighted by molar-refractivity contribution is -0.0351. The van der Waals surface area contributed by atoms with Gasteiger partial charge in [-0.05, 0) is 56.7 Å². The second kappa shape index (κ2) is 8.61. The summed E-state index contributed by atoms with van der Waals surface area (Å²) in [6.45, 7) is 9.35. The molecule has 1 saturated heterocycles. The first-order valence-corrected chi connectivity index (χ1v) is 11.6. The van der Waals surface area contributed by atoms with Crippen molar-refractivity contribution in [3.63, 3.8) is 0 Å². The van der Waals surface area contributed by atoms with Crippen molar-refractivity contribution in [2.45, 2.75) is 58.1 Å². The highest BCUT2D eigenvalue weighted by molar-refractivity contribution is 7.18. The third-order valence-corrected chi connectivity index (χ3v) is 7.77. The number of hydrogen-bond acceptors (Lipinski definition) is 5. The quantitative estimate of drug-likeness (QED) is 0.646. The van der Waals surface area contributed by atoms with Crippen LogP contribution >= 0.6 is 11.3 Å². The lowest BCUT2D eigenvalue weighted by Crippen LogP contribution is -2.48. The lowest BCUT2D eigenvalue weighted by atomic mass is 9.90. The van der Waals surface area contributed by atoms with Crippen molar-refractivity contribution in [2.24, 2.45) is 0 Å². The summed E-state index contributed by atoms with van der Waals surface area (Å²) < 4.78 is 1.61. The zero-order valence-electron chi connectivity index (χ0n) is 18.1. The fraction of sp³-hybridized carbons (Fsp3) is 0.500. The smallest absolute Gasteiger partial charge is 0.262 e. The Labute approximate surface area is 182 Å². The fourth-order valence-corrected chi connectivity index (χ4v) is 5.36. The molecule has 6 heteroatoms. The lowest BCUT2D eigenvalue weighted by Gasteiger charge is -2.38. The second-order valence-electron chi connectivity index (χ2n) is 8.81. The van der Waals surface area contributed by atoms with Gasteiger partial charge in [0.15, 0.2) is 0 Å². The number of hydrogen-bond donors (Lipinski definition) is 1. The molecule has 5 nitrogen and oxygen atoms in total. The van der Waals surface area contributed by atoms with E-state index in [1.165, 1.54) is 5.56 Å². The van der Waals surface area contributed by atoms with E-state index in [1.807, 2.05) is 13.8 Å². The highest BCUT2D eigenvalue weighted by Gasteiger charge is 2.33. The molecule has 2 aromatic heterocycles. The molecule has 1 atom stereocenters. The van der Waals surface area contributed by atoms with E-state index >= 15 is 0 Å². The van der Waals surface area contributed by atoms with Crippen molar-refractivity contribution < 1.29 is 5.11 Å². The van der Waals surface area contributed by atoms with Crippen molar-refractivity contribution in [3.8, 4) is 0 Å². The number of rotatable bonds is 6. The van der Waals surface area contributed by atoms with Gasteiger partial charge in [-0.25, -0.2) is 4.98 Å². The maximum Gasteiger partial charge on any atom is 0.262 e. The van der Waals surface area contributed by atoms with Crippen molar-refractivity contribution in [3.05, 3.63) is 63.0 Å². The third-order valence-electron chi connectivity index (χ3n) is 6.65. The molecule has 0 unspecified atom stereocenters. The molecule has 1 fully saturated rings. The summed E-state index contributed by atoms with van der Waals surface area (Å²) in [5.74, 6) is 0.528. The van der Waals surface area contributed by atoms with Crippen molar-refractivity contribution >= 4 is 21.6 Å². The van der Waals surface area contributed by atoms with Gasteiger partial charge in [0.05, 0.1) is 23.9 Å². The van der Waals surface area contributed by atoms with Gasteiger partial charge in [-0.1, -0.05) is 37.3 Å². The maximum absolute atomic E-state index is 13.0. The van der Waals surface area contributed by atoms with Crippen molar-refractivity contribution in [2.75, 3.05) is 19.6 Å². The van der Waals surface area contributed by atoms with Gasteiger partial charge in [0.25, 0.3) is 5.56 Å². The van der Waals surface area contributed by atoms with Crippen LogP contribution in [0.15, 0.2) is 41.5 Å². The van der Waals surface area contributed by atoms with Crippen molar-refractivity contribution in [1.29, 1.82) is 0 Å². The Morgan fingerprint density at radius 3 is 2.60 bits per heavy atom. The summed E-state index contributed by atoms with van der Waals surface area (Å²) >= 11 is 1.56. The molecule has 3 aromatic rings. The summed E-state index contributed by atoms with van der Waals surface area (Å²) in [6.07, 6.45) is 4.07. The van der Waals surface area contributed by atoms with Gasteiger partial charge in [-0.2, -0.15) is 0 Å². The zero-order chi connectivity index (χ0) is 21.3. The molecule has 0 aliphatic carbocycles. The number of aryl methyl sites for hydroxylation is 2. The highest BCUT2D eigenvalue weighted by atomic mass is 32.1. The summed E-state index contributed by atoms with van der Waals surface area (Å²) in [6, 6.07) is 10.6. The number of nitrogens with zero attached hydrogens (tertiary/aromatic N) is 3. The molecular weight excluding hydrogens is 394 g/mol. The van der Waals surface area contributed by atoms with Crippen LogP contribution in [0.2, 0.25) is 0 Å². The van der Waals surface area contributed by atoms with E-state index in [0.717, 1.165) is 41.3 Å². The molecule has 1 aliphatic heterocycles. The molecule has 0 spiro atoms. The molecule has 30 heavy (non-hydrogen) atoms. The number of aromatic nitrogens is 2. The van der Waals surface area contributed by atoms with Crippen LogP contribution in [0.25, 0.3) is 10.2 Å². The van der Waals surface area contributed by atoms with Crippen LogP contribution in [0, 0.1) is 13.8 Å². The second-order valence-corrected chi connectivity index (χ2v) is 10.0. The SMILES string of the molecule is Cc1sc2ncn(CC3(O)CCN(CC[C@@H](C)c4ccccc4)CC3)c(=O)c2c1C. The number of piperidine rings is 1. The Kier molecular flexibility index (Phi) is 6.09. The average Bonchev–Trinajstić information content (AvgIpc) is 3.04. The number of benzene rings is 1. The molecule has 0 radical (unpaired) electrons. The maximum atomic E-state index is 13.0. The summed E-state index contributed by atoms with van der Waals surface area (Å²) in [5, 5.41) is 11.9. The van der Waals surface area contributed by atoms with E-state index in [4.69, 9.17) is 0 Å². The summed E-state index contributed by atoms with van der Waals surface area (Å²) in [4.78, 5) is 21.8. The predicted molar refractivity (Wildman–Crippen MR) is 123 cm³/mol. The normalized spacial score (nSPS) is 18.0. The monoisotopic (exact) mass is 425 g/mol. The first-order valence-electron chi connectivity index (χ1n) is 10.8. The van der Waals surface area contributed by atoms with E-state index < -0.39 is 5.60 Å². The molecule has 1 aromatic carbocycles. The van der Waals surface area contributed by atoms with Gasteiger partial charge in [-0.3, -0.25) is 9.36 Å². The minimum Gasteiger partial charge on any atom is -0.388 e. The van der Waals surface area contributed by atoms with Gasteiger partial charge < -0.3 is 10.0 Å². The molecule has 0 amide bonds. The molecule has 3 heterocycles. The first kappa shape index (κ1) is 21.2. The highest BCUT2D eigenvalue weighted by Crippen LogP contribution is 2.28. The predicted octanol–water partition coefficient (Wildman–Crippen LogP) is 4.10. The Hall–Kier alpha value is -2.02. The van der Waals surface area contributed by atoms with Crippen LogP contribution in [0.1, 0.15) is 48.1 Å². The van der Waals surface area contributed by atoms with E-state index in [0.29, 0.717) is 30.7 Å². The summed E-state index contributed by atoms with van der Waals surface area (Å²) in [5.41, 5.74) is 1.51. The fourth-order valence-electron chi connectivity index (χ4n) is 4.38. The molecule has 0 bridgehead atoms. The molecular formula is C24H31N3O2S. The van der Waals surface area contributed by atoms with Crippen LogP contribution in [0.5, 0.6) is 0 Å². The number of likely N-dealkylation sites (tertiary alicyclic amines) is 1. The summed E-state index contributed by atoms with van der Waals surface area (Å²) in [7, 11) is 0. The van der Waals surface area contributed by atoms with E-state index in [-0.39, 0.29) is 5.56 Å². The van der Waals surface area contributed by atoms with E-state index in [1.54, 1.807) is 22.2 Å². The Bertz CT molecular complexity index is 1070. The average molecular weight is 426 g/mol. The van der Waals surface area contributed by atoms with E-state index in [9.17, 15) is 9.90 Å². The van der Waals surface area contributed by atoms with Crippen LogP contribution in [-0.4, -0.2) is 44.8 Å². The van der Waals surface area contributed by atoms with Gasteiger partial charge in [0, 0.05) is 18.0 Å². The minimum absolute atomic E-state index is 0.0330. The van der Waals surface area contributed by atoms with Crippen LogP contribution < -0.4 is 5.56 Å². The molecule has 4 rings (SSSR count). The minimum atomic E-state index is -0.848. The Morgan fingerprint density at radius 1 is 1.20 bits per heavy atom. The molecule has 0 saturated carbocycles. The zero-order valence-corrected chi connectivity index (χ0v) is 18.9. The van der Waals surface area contributed by atoms with Crippen molar-refractivity contribution in [1.82, 2.24) is 14.5 Å². The molecule has 1 N–H and O–H groups in total. The molecule has 160 valence electrons. The topological polar surface area (TPSA) is 58.4 Å². The van der Waals surface area contributed by atoms with Crippen LogP contribution in [0.4, 0.5) is 0 Å². The Morgan fingerprint density at radius 2 is 1.90 bits per heavy atom. The van der Waals surface area contributed by atoms with Gasteiger partial charge in [0.1, 0.15) is 4.83 Å².